The molecule has 0 amide bonds. The monoisotopic (exact) mass is 378 g/mol. The molecule has 1 fully saturated rings. The van der Waals surface area contributed by atoms with E-state index in [-0.39, 0.29) is 11.3 Å². The fourth-order valence-corrected chi connectivity index (χ4v) is 2.83. The maximum Gasteiger partial charge on any atom is 0.573 e. The second kappa shape index (κ2) is 8.20. The van der Waals surface area contributed by atoms with Gasteiger partial charge in [-0.2, -0.15) is 0 Å². The van der Waals surface area contributed by atoms with E-state index in [0.29, 0.717) is 17.3 Å². The summed E-state index contributed by atoms with van der Waals surface area (Å²) in [5.74, 6) is -0.269. The minimum Gasteiger partial charge on any atom is -0.406 e. The molecular formula is C16H23F3N3O2S+. The van der Waals surface area contributed by atoms with Crippen LogP contribution in [0.1, 0.15) is 13.8 Å². The molecule has 0 aliphatic carbocycles. The fourth-order valence-electron chi connectivity index (χ4n) is 2.64. The van der Waals surface area contributed by atoms with Gasteiger partial charge in [0.05, 0.1) is 19.8 Å². The normalized spacial score (nSPS) is 16.4. The van der Waals surface area contributed by atoms with Crippen LogP contribution < -0.4 is 20.3 Å². The van der Waals surface area contributed by atoms with E-state index in [1.807, 2.05) is 0 Å². The molecule has 5 nitrogen and oxygen atoms in total. The summed E-state index contributed by atoms with van der Waals surface area (Å²) in [6, 6.07) is 5.43. The van der Waals surface area contributed by atoms with Gasteiger partial charge in [0.25, 0.3) is 0 Å². The van der Waals surface area contributed by atoms with Crippen LogP contribution in [0.5, 0.6) is 5.75 Å². The molecule has 0 bridgehead atoms. The summed E-state index contributed by atoms with van der Waals surface area (Å²) in [6.45, 7) is 8.41. The lowest BCUT2D eigenvalue weighted by atomic mass is 10.0. The van der Waals surface area contributed by atoms with E-state index in [4.69, 9.17) is 17.0 Å². The van der Waals surface area contributed by atoms with Crippen LogP contribution in [0, 0.1) is 0 Å². The number of halogens is 3. The Bertz CT molecular complexity index is 573. The number of ether oxygens (including phenoxy) is 2. The number of anilines is 1. The largest absolute Gasteiger partial charge is 0.573 e. The number of hydrogen-bond donors (Lipinski definition) is 3. The maximum absolute atomic E-state index is 12.1. The molecule has 1 aromatic rings. The molecule has 9 heteroatoms. The number of nitrogens with one attached hydrogen (secondary N) is 3. The average Bonchev–Trinajstić information content (AvgIpc) is 2.54. The van der Waals surface area contributed by atoms with Gasteiger partial charge in [0.2, 0.25) is 0 Å². The number of morpholine rings is 1. The summed E-state index contributed by atoms with van der Waals surface area (Å²) in [4.78, 5) is 1.45. The first-order valence-corrected chi connectivity index (χ1v) is 8.40. The van der Waals surface area contributed by atoms with Crippen molar-refractivity contribution in [3.8, 4) is 5.75 Å². The van der Waals surface area contributed by atoms with Crippen LogP contribution >= 0.6 is 12.2 Å². The molecule has 0 unspecified atom stereocenters. The molecule has 25 heavy (non-hydrogen) atoms. The Hall–Kier alpha value is -1.58. The molecule has 3 N–H and O–H groups in total. The summed E-state index contributed by atoms with van der Waals surface area (Å²) < 4.78 is 45.6. The van der Waals surface area contributed by atoms with Crippen molar-refractivity contribution in [2.75, 3.05) is 38.2 Å². The molecule has 0 atom stereocenters. The van der Waals surface area contributed by atoms with Gasteiger partial charge >= 0.3 is 6.36 Å². The van der Waals surface area contributed by atoms with Gasteiger partial charge in [0.15, 0.2) is 5.11 Å². The Balaban J connectivity index is 1.81. The van der Waals surface area contributed by atoms with Gasteiger partial charge in [-0.3, -0.25) is 0 Å². The quantitative estimate of drug-likeness (QED) is 0.679. The highest BCUT2D eigenvalue weighted by Gasteiger charge is 2.32. The smallest absolute Gasteiger partial charge is 0.406 e. The second-order valence-corrected chi connectivity index (χ2v) is 6.89. The van der Waals surface area contributed by atoms with Crippen molar-refractivity contribution < 1.29 is 27.5 Å². The van der Waals surface area contributed by atoms with Crippen LogP contribution in [0.4, 0.5) is 18.9 Å². The molecule has 1 heterocycles. The van der Waals surface area contributed by atoms with E-state index in [0.717, 1.165) is 26.3 Å². The Morgan fingerprint density at radius 1 is 1.20 bits per heavy atom. The molecule has 0 spiro atoms. The maximum atomic E-state index is 12.1. The van der Waals surface area contributed by atoms with Crippen molar-refractivity contribution >= 4 is 23.0 Å². The zero-order chi connectivity index (χ0) is 18.5. The predicted octanol–water partition coefficient (Wildman–Crippen LogP) is 1.57. The molecule has 1 aliphatic heterocycles. The Kier molecular flexibility index (Phi) is 6.47. The molecular weight excluding hydrogens is 355 g/mol. The summed E-state index contributed by atoms with van der Waals surface area (Å²) in [5, 5.41) is 6.55. The van der Waals surface area contributed by atoms with Crippen molar-refractivity contribution in [2.24, 2.45) is 0 Å². The minimum atomic E-state index is -4.70. The van der Waals surface area contributed by atoms with Crippen molar-refractivity contribution in [1.82, 2.24) is 5.32 Å². The van der Waals surface area contributed by atoms with Gasteiger partial charge in [-0.1, -0.05) is 0 Å². The molecule has 140 valence electrons. The zero-order valence-corrected chi connectivity index (χ0v) is 15.0. The van der Waals surface area contributed by atoms with Gasteiger partial charge in [-0.05, 0) is 50.3 Å². The highest BCUT2D eigenvalue weighted by atomic mass is 32.1. The minimum absolute atomic E-state index is 0.0140. The van der Waals surface area contributed by atoms with Crippen LogP contribution in [-0.4, -0.2) is 49.9 Å². The van der Waals surface area contributed by atoms with E-state index >= 15 is 0 Å². The number of thiocarbonyl (C=S) groups is 1. The van der Waals surface area contributed by atoms with Gasteiger partial charge < -0.3 is 25.0 Å². The molecule has 0 radical (unpaired) electrons. The van der Waals surface area contributed by atoms with Crippen molar-refractivity contribution in [2.45, 2.75) is 25.7 Å². The van der Waals surface area contributed by atoms with Crippen molar-refractivity contribution in [3.05, 3.63) is 24.3 Å². The van der Waals surface area contributed by atoms with Crippen LogP contribution in [0.2, 0.25) is 0 Å². The third kappa shape index (κ3) is 6.68. The molecule has 1 saturated heterocycles. The Morgan fingerprint density at radius 3 is 2.36 bits per heavy atom. The SMILES string of the molecule is CC(C)(CNC(=S)Nc1ccc(OC(F)(F)F)cc1)[NH+]1CCOCC1. The molecule has 2 rings (SSSR count). The first-order chi connectivity index (χ1) is 11.7. The fraction of sp³-hybridized carbons (Fsp3) is 0.562. The number of rotatable bonds is 5. The molecule has 0 saturated carbocycles. The van der Waals surface area contributed by atoms with E-state index in [9.17, 15) is 13.2 Å². The summed E-state index contributed by atoms with van der Waals surface area (Å²) in [5.41, 5.74) is 0.573. The van der Waals surface area contributed by atoms with Crippen LogP contribution in [0.25, 0.3) is 0 Å². The van der Waals surface area contributed by atoms with Crippen LogP contribution in [-0.2, 0) is 4.74 Å². The third-order valence-corrected chi connectivity index (χ3v) is 4.34. The number of alkyl halides is 3. The molecule has 1 aromatic carbocycles. The van der Waals surface area contributed by atoms with Crippen molar-refractivity contribution in [3.63, 3.8) is 0 Å². The van der Waals surface area contributed by atoms with Gasteiger partial charge in [0.1, 0.15) is 24.4 Å². The van der Waals surface area contributed by atoms with Crippen LogP contribution in [0.15, 0.2) is 24.3 Å². The predicted molar refractivity (Wildman–Crippen MR) is 92.9 cm³/mol. The molecule has 1 aliphatic rings. The highest BCUT2D eigenvalue weighted by Crippen LogP contribution is 2.23. The van der Waals surface area contributed by atoms with Crippen LogP contribution in [0.3, 0.4) is 0 Å². The van der Waals surface area contributed by atoms with Crippen molar-refractivity contribution in [1.29, 1.82) is 0 Å². The summed E-state index contributed by atoms with van der Waals surface area (Å²) in [7, 11) is 0. The first kappa shape index (κ1) is 19.7. The topological polar surface area (TPSA) is 47.0 Å². The van der Waals surface area contributed by atoms with E-state index in [1.165, 1.54) is 29.2 Å². The lowest BCUT2D eigenvalue weighted by Gasteiger charge is -2.37. The average molecular weight is 378 g/mol. The van der Waals surface area contributed by atoms with E-state index in [2.05, 4.69) is 29.2 Å². The van der Waals surface area contributed by atoms with Gasteiger partial charge in [0, 0.05) is 5.69 Å². The highest BCUT2D eigenvalue weighted by molar-refractivity contribution is 7.80. The van der Waals surface area contributed by atoms with Gasteiger partial charge in [-0.15, -0.1) is 13.2 Å². The summed E-state index contributed by atoms with van der Waals surface area (Å²) in [6.07, 6.45) is -4.70. The zero-order valence-electron chi connectivity index (χ0n) is 14.2. The lowest BCUT2D eigenvalue weighted by molar-refractivity contribution is -0.954. The summed E-state index contributed by atoms with van der Waals surface area (Å²) >= 11 is 5.26. The molecule has 0 aromatic heterocycles. The Labute approximate surface area is 150 Å². The number of benzene rings is 1. The van der Waals surface area contributed by atoms with E-state index in [1.54, 1.807) is 0 Å². The standard InChI is InChI=1S/C16H22F3N3O2S/c1-15(2,22-7-9-23-10-8-22)11-20-14(25)21-12-3-5-13(6-4-12)24-16(17,18)19/h3-6H,7-11H2,1-2H3,(H2,20,21,25)/p+1. The second-order valence-electron chi connectivity index (χ2n) is 6.48. The van der Waals surface area contributed by atoms with Gasteiger partial charge in [-0.25, -0.2) is 0 Å². The third-order valence-electron chi connectivity index (χ3n) is 4.09. The number of hydrogen-bond acceptors (Lipinski definition) is 3. The number of quaternary nitrogens is 1. The first-order valence-electron chi connectivity index (χ1n) is 7.99. The Morgan fingerprint density at radius 2 is 1.80 bits per heavy atom. The lowest BCUT2D eigenvalue weighted by Crippen LogP contribution is -3.22. The van der Waals surface area contributed by atoms with E-state index < -0.39 is 6.36 Å².